The summed E-state index contributed by atoms with van der Waals surface area (Å²) in [6, 6.07) is 6.11. The number of para-hydroxylation sites is 1. The van der Waals surface area contributed by atoms with Crippen LogP contribution >= 0.6 is 28.4 Å². The monoisotopic (exact) mass is 577 g/mol. The first kappa shape index (κ1) is 23.3. The molecular formula is C16H11F6IN5O2P. The van der Waals surface area contributed by atoms with Crippen molar-refractivity contribution in [3.63, 3.8) is 0 Å². The summed E-state index contributed by atoms with van der Waals surface area (Å²) in [7, 11) is 0. The second kappa shape index (κ2) is 9.02. The fourth-order valence-electron chi connectivity index (χ4n) is 2.60. The van der Waals surface area contributed by atoms with Crippen molar-refractivity contribution in [3.8, 4) is 17.0 Å². The SMILES string of the molecule is O=C(NCc1cc(-c2cn[nH]c2C(F)(F)F)n(PI)n1)c1ccccc1OC(F)(F)F. The minimum absolute atomic E-state index is 0.0605. The predicted octanol–water partition coefficient (Wildman–Crippen LogP) is 4.91. The summed E-state index contributed by atoms with van der Waals surface area (Å²) in [6.07, 6.45) is -8.69. The third kappa shape index (κ3) is 5.67. The number of aromatic amines is 1. The lowest BCUT2D eigenvalue weighted by atomic mass is 10.1. The summed E-state index contributed by atoms with van der Waals surface area (Å²) in [4.78, 5) is 12.3. The Hall–Kier alpha value is -2.35. The van der Waals surface area contributed by atoms with E-state index in [1.54, 1.807) is 0 Å². The predicted molar refractivity (Wildman–Crippen MR) is 107 cm³/mol. The van der Waals surface area contributed by atoms with Gasteiger partial charge in [0.1, 0.15) is 11.4 Å². The molecular weight excluding hydrogens is 566 g/mol. The molecule has 166 valence electrons. The number of rotatable bonds is 6. The molecule has 0 aliphatic rings. The van der Waals surface area contributed by atoms with Crippen LogP contribution in [0.2, 0.25) is 0 Å². The molecule has 0 aliphatic carbocycles. The molecule has 7 nitrogen and oxygen atoms in total. The Morgan fingerprint density at radius 2 is 1.94 bits per heavy atom. The van der Waals surface area contributed by atoms with Crippen LogP contribution < -0.4 is 10.1 Å². The summed E-state index contributed by atoms with van der Waals surface area (Å²) in [5.41, 5.74) is -1.29. The first-order chi connectivity index (χ1) is 14.5. The molecule has 1 aromatic carbocycles. The van der Waals surface area contributed by atoms with Gasteiger partial charge in [0.15, 0.2) is 0 Å². The second-order valence-electron chi connectivity index (χ2n) is 5.90. The van der Waals surface area contributed by atoms with Crippen molar-refractivity contribution in [3.05, 3.63) is 53.5 Å². The van der Waals surface area contributed by atoms with E-state index in [0.29, 0.717) is 0 Å². The zero-order chi connectivity index (χ0) is 22.8. The van der Waals surface area contributed by atoms with Crippen LogP contribution in [0.5, 0.6) is 5.75 Å². The Bertz CT molecular complexity index is 1080. The topological polar surface area (TPSA) is 84.8 Å². The lowest BCUT2D eigenvalue weighted by Crippen LogP contribution is -2.25. The number of carbonyl (C=O) groups excluding carboxylic acids is 1. The Balaban J connectivity index is 1.80. The molecule has 3 rings (SSSR count). The van der Waals surface area contributed by atoms with Crippen molar-refractivity contribution in [1.29, 1.82) is 0 Å². The first-order valence-corrected chi connectivity index (χ1v) is 12.2. The summed E-state index contributed by atoms with van der Waals surface area (Å²) in [6.45, 7) is -0.237. The van der Waals surface area contributed by atoms with Gasteiger partial charge in [-0.05, 0) is 40.2 Å². The molecule has 0 radical (unpaired) electrons. The van der Waals surface area contributed by atoms with E-state index in [9.17, 15) is 31.1 Å². The minimum atomic E-state index is -4.98. The second-order valence-corrected chi connectivity index (χ2v) is 7.94. The van der Waals surface area contributed by atoms with Crippen molar-refractivity contribution in [2.45, 2.75) is 19.1 Å². The van der Waals surface area contributed by atoms with Crippen LogP contribution in [0.4, 0.5) is 26.3 Å². The number of halogens is 7. The fraction of sp³-hybridized carbons (Fsp3) is 0.188. The number of amides is 1. The molecule has 2 aromatic heterocycles. The van der Waals surface area contributed by atoms with Gasteiger partial charge in [0, 0.05) is 0 Å². The standard InChI is InChI=1S/C16H11F6IN5O2P/c17-15(18,19)13-10(7-25-26-13)11-5-8(27-28(11)31-23)6-24-14(29)9-3-1-2-4-12(9)30-16(20,21)22/h1-5,7,31H,6H2,(H,24,29)(H,25,26). The number of nitrogens with one attached hydrogen (secondary N) is 2. The van der Waals surface area contributed by atoms with Crippen molar-refractivity contribution in [2.75, 3.05) is 0 Å². The Morgan fingerprint density at radius 1 is 1.23 bits per heavy atom. The average Bonchev–Trinajstić information content (AvgIpc) is 3.31. The number of ether oxygens (including phenoxy) is 1. The van der Waals surface area contributed by atoms with E-state index in [1.165, 1.54) is 22.7 Å². The van der Waals surface area contributed by atoms with E-state index in [4.69, 9.17) is 0 Å². The maximum absolute atomic E-state index is 13.2. The van der Waals surface area contributed by atoms with E-state index in [-0.39, 0.29) is 35.4 Å². The number of H-pyrrole nitrogens is 1. The van der Waals surface area contributed by atoms with Gasteiger partial charge < -0.3 is 10.1 Å². The molecule has 0 aliphatic heterocycles. The lowest BCUT2D eigenvalue weighted by molar-refractivity contribution is -0.274. The third-order valence-corrected chi connectivity index (χ3v) is 5.70. The van der Waals surface area contributed by atoms with Gasteiger partial charge in [-0.25, -0.2) is 4.45 Å². The van der Waals surface area contributed by atoms with Crippen molar-refractivity contribution < 1.29 is 35.9 Å². The minimum Gasteiger partial charge on any atom is -0.405 e. The summed E-state index contributed by atoms with van der Waals surface area (Å²) >= 11 is 1.92. The fourth-order valence-corrected chi connectivity index (χ4v) is 4.15. The third-order valence-electron chi connectivity index (χ3n) is 3.83. The zero-order valence-electron chi connectivity index (χ0n) is 15.0. The lowest BCUT2D eigenvalue weighted by Gasteiger charge is -2.12. The van der Waals surface area contributed by atoms with Gasteiger partial charge in [-0.15, -0.1) is 13.2 Å². The van der Waals surface area contributed by atoms with Crippen molar-refractivity contribution in [1.82, 2.24) is 25.1 Å². The van der Waals surface area contributed by atoms with Gasteiger partial charge in [0.2, 0.25) is 0 Å². The van der Waals surface area contributed by atoms with Crippen molar-refractivity contribution in [2.24, 2.45) is 0 Å². The molecule has 31 heavy (non-hydrogen) atoms. The van der Waals surface area contributed by atoms with Gasteiger partial charge in [-0.3, -0.25) is 9.89 Å². The highest BCUT2D eigenvalue weighted by molar-refractivity contribution is 14.2. The van der Waals surface area contributed by atoms with Crippen molar-refractivity contribution >= 4 is 34.3 Å². The van der Waals surface area contributed by atoms with Crippen LogP contribution in [0, 0.1) is 0 Å². The van der Waals surface area contributed by atoms with E-state index in [1.807, 2.05) is 27.1 Å². The van der Waals surface area contributed by atoms with Gasteiger partial charge in [-0.1, -0.05) is 12.1 Å². The molecule has 0 fully saturated rings. The Labute approximate surface area is 184 Å². The number of hydrogen-bond acceptors (Lipinski definition) is 4. The van der Waals surface area contributed by atoms with Crippen LogP contribution in [0.3, 0.4) is 0 Å². The Morgan fingerprint density at radius 3 is 2.58 bits per heavy atom. The molecule has 2 heterocycles. The normalized spacial score (nSPS) is 12.5. The van der Waals surface area contributed by atoms with Crippen LogP contribution in [-0.2, 0) is 12.7 Å². The number of benzene rings is 1. The van der Waals surface area contributed by atoms with Crippen LogP contribution in [0.1, 0.15) is 21.7 Å². The van der Waals surface area contributed by atoms with Crippen LogP contribution in [0.15, 0.2) is 36.5 Å². The van der Waals surface area contributed by atoms with Gasteiger partial charge in [-0.2, -0.15) is 23.4 Å². The highest BCUT2D eigenvalue weighted by Crippen LogP contribution is 2.38. The van der Waals surface area contributed by atoms with E-state index >= 15 is 0 Å². The number of alkyl halides is 6. The Kier molecular flexibility index (Phi) is 6.79. The van der Waals surface area contributed by atoms with Gasteiger partial charge in [0.25, 0.3) is 5.91 Å². The summed E-state index contributed by atoms with van der Waals surface area (Å²) < 4.78 is 82.2. The van der Waals surface area contributed by atoms with Gasteiger partial charge in [0.05, 0.1) is 41.6 Å². The maximum atomic E-state index is 13.2. The summed E-state index contributed by atoms with van der Waals surface area (Å²) in [5.74, 6) is -1.55. The number of nitrogens with zero attached hydrogens (tertiary/aromatic N) is 3. The maximum Gasteiger partial charge on any atom is 0.573 e. The average molecular weight is 577 g/mol. The highest BCUT2D eigenvalue weighted by Gasteiger charge is 2.37. The largest absolute Gasteiger partial charge is 0.573 e. The van der Waals surface area contributed by atoms with Crippen LogP contribution in [0.25, 0.3) is 11.3 Å². The molecule has 3 aromatic rings. The number of carbonyl (C=O) groups is 1. The molecule has 0 saturated heterocycles. The van der Waals surface area contributed by atoms with E-state index < -0.39 is 29.9 Å². The highest BCUT2D eigenvalue weighted by atomic mass is 127. The first-order valence-electron chi connectivity index (χ1n) is 8.19. The molecule has 1 unspecified atom stereocenters. The quantitative estimate of drug-likeness (QED) is 0.248. The summed E-state index contributed by atoms with van der Waals surface area (Å²) in [5, 5.41) is 11.9. The molecule has 1 amide bonds. The number of aromatic nitrogens is 4. The molecule has 0 saturated carbocycles. The van der Waals surface area contributed by atoms with E-state index in [2.05, 4.69) is 20.3 Å². The molecule has 2 N–H and O–H groups in total. The number of hydrogen-bond donors (Lipinski definition) is 2. The molecule has 0 spiro atoms. The van der Waals surface area contributed by atoms with Gasteiger partial charge >= 0.3 is 12.5 Å². The molecule has 0 bridgehead atoms. The zero-order valence-corrected chi connectivity index (χ0v) is 18.1. The smallest absolute Gasteiger partial charge is 0.405 e. The van der Waals surface area contributed by atoms with Crippen LogP contribution in [-0.4, -0.2) is 32.0 Å². The molecule has 1 atom stereocenters. The molecule has 15 heteroatoms. The van der Waals surface area contributed by atoms with E-state index in [0.717, 1.165) is 18.3 Å².